The predicted octanol–water partition coefficient (Wildman–Crippen LogP) is 0.679. The molecule has 0 unspecified atom stereocenters. The second-order valence-corrected chi connectivity index (χ2v) is 2.15. The Morgan fingerprint density at radius 3 is 2.80 bits per heavy atom. The molecule has 1 aliphatic heterocycles. The van der Waals surface area contributed by atoms with Gasteiger partial charge in [-0.15, -0.1) is 0 Å². The summed E-state index contributed by atoms with van der Waals surface area (Å²) in [5, 5.41) is -0.655. The Kier molecular flexibility index (Phi) is 1.97. The zero-order valence-electron chi connectivity index (χ0n) is 5.00. The van der Waals surface area contributed by atoms with Crippen LogP contribution in [0.5, 0.6) is 0 Å². The number of carbonyl (C=O) groups is 2. The average molecular weight is 158 g/mol. The topological polar surface area (TPSA) is 46.5 Å². The summed E-state index contributed by atoms with van der Waals surface area (Å²) in [5.41, 5.74) is 0.120. The molecule has 4 heteroatoms. The number of aliphatic imine (C=N–C) groups is 1. The van der Waals surface area contributed by atoms with Crippen molar-refractivity contribution >= 4 is 28.3 Å². The van der Waals surface area contributed by atoms with E-state index in [9.17, 15) is 9.59 Å². The second kappa shape index (κ2) is 2.75. The molecule has 0 spiro atoms. The third-order valence-electron chi connectivity index (χ3n) is 1.06. The normalized spacial score (nSPS) is 16.9. The first-order valence-electron chi connectivity index (χ1n) is 2.66. The van der Waals surface area contributed by atoms with E-state index in [1.807, 2.05) is 0 Å². The number of nitrogens with zero attached hydrogens (tertiary/aromatic N) is 1. The number of hydrogen-bond acceptors (Lipinski definition) is 3. The Morgan fingerprint density at radius 1 is 1.70 bits per heavy atom. The van der Waals surface area contributed by atoms with Gasteiger partial charge in [-0.1, -0.05) is 0 Å². The molecule has 0 radical (unpaired) electrons. The van der Waals surface area contributed by atoms with Crippen LogP contribution in [0, 0.1) is 0 Å². The van der Waals surface area contributed by atoms with E-state index >= 15 is 0 Å². The lowest BCUT2D eigenvalue weighted by Gasteiger charge is -1.99. The van der Waals surface area contributed by atoms with Gasteiger partial charge in [0.15, 0.2) is 5.78 Å². The number of halogens is 1. The summed E-state index contributed by atoms with van der Waals surface area (Å²) < 4.78 is 0. The van der Waals surface area contributed by atoms with Crippen molar-refractivity contribution in [2.45, 2.75) is 6.42 Å². The molecule has 0 amide bonds. The van der Waals surface area contributed by atoms with E-state index in [1.54, 1.807) is 0 Å². The standard InChI is InChI=1S/C6H4ClNO2/c7-6(10)5-3-4(9)1-2-8-5/h1-2H,3H2. The molecule has 0 bridgehead atoms. The van der Waals surface area contributed by atoms with Gasteiger partial charge >= 0.3 is 0 Å². The van der Waals surface area contributed by atoms with Gasteiger partial charge in [0.1, 0.15) is 5.71 Å². The molecule has 0 N–H and O–H groups in total. The predicted molar refractivity (Wildman–Crippen MR) is 37.1 cm³/mol. The van der Waals surface area contributed by atoms with Crippen LogP contribution in [0.15, 0.2) is 17.3 Å². The molecule has 0 atom stereocenters. The Bertz CT molecular complexity index is 242. The lowest BCUT2D eigenvalue weighted by molar-refractivity contribution is -0.114. The van der Waals surface area contributed by atoms with Crippen molar-refractivity contribution in [2.24, 2.45) is 4.99 Å². The maximum absolute atomic E-state index is 10.6. The van der Waals surface area contributed by atoms with Crippen molar-refractivity contribution in [1.29, 1.82) is 0 Å². The van der Waals surface area contributed by atoms with E-state index in [1.165, 1.54) is 12.3 Å². The third kappa shape index (κ3) is 1.51. The number of ketones is 1. The minimum atomic E-state index is -0.655. The number of hydrogen-bond donors (Lipinski definition) is 0. The van der Waals surface area contributed by atoms with Crippen molar-refractivity contribution in [2.75, 3.05) is 0 Å². The highest BCUT2D eigenvalue weighted by atomic mass is 35.5. The zero-order chi connectivity index (χ0) is 7.56. The first-order chi connectivity index (χ1) is 4.70. The van der Waals surface area contributed by atoms with Gasteiger partial charge < -0.3 is 0 Å². The molecule has 1 heterocycles. The lowest BCUT2D eigenvalue weighted by atomic mass is 10.2. The Balaban J connectivity index is 2.80. The zero-order valence-corrected chi connectivity index (χ0v) is 5.76. The molecule has 1 aliphatic rings. The van der Waals surface area contributed by atoms with Gasteiger partial charge in [0.2, 0.25) is 0 Å². The summed E-state index contributed by atoms with van der Waals surface area (Å²) >= 11 is 5.07. The van der Waals surface area contributed by atoms with Gasteiger partial charge in [0, 0.05) is 6.20 Å². The highest BCUT2D eigenvalue weighted by Gasteiger charge is 2.13. The maximum Gasteiger partial charge on any atom is 0.267 e. The third-order valence-corrected chi connectivity index (χ3v) is 1.28. The van der Waals surface area contributed by atoms with Gasteiger partial charge in [-0.25, -0.2) is 0 Å². The molecule has 0 saturated carbocycles. The highest BCUT2D eigenvalue weighted by Crippen LogP contribution is 2.01. The summed E-state index contributed by atoms with van der Waals surface area (Å²) in [4.78, 5) is 24.6. The molecule has 3 nitrogen and oxygen atoms in total. The second-order valence-electron chi connectivity index (χ2n) is 1.81. The fourth-order valence-electron chi connectivity index (χ4n) is 0.600. The van der Waals surface area contributed by atoms with Gasteiger partial charge in [-0.3, -0.25) is 14.6 Å². The summed E-state index contributed by atoms with van der Waals surface area (Å²) in [6.07, 6.45) is 2.61. The molecule has 0 aliphatic carbocycles. The number of allylic oxidation sites excluding steroid dienone is 1. The van der Waals surface area contributed by atoms with E-state index in [0.29, 0.717) is 0 Å². The fourth-order valence-corrected chi connectivity index (χ4v) is 0.716. The molecule has 0 aromatic carbocycles. The van der Waals surface area contributed by atoms with E-state index < -0.39 is 5.24 Å². The van der Waals surface area contributed by atoms with E-state index in [2.05, 4.69) is 4.99 Å². The molecular formula is C6H4ClNO2. The van der Waals surface area contributed by atoms with Crippen molar-refractivity contribution in [3.8, 4) is 0 Å². The minimum Gasteiger partial charge on any atom is -0.294 e. The smallest absolute Gasteiger partial charge is 0.267 e. The van der Waals surface area contributed by atoms with Crippen LogP contribution in [-0.4, -0.2) is 16.7 Å². The van der Waals surface area contributed by atoms with Crippen LogP contribution < -0.4 is 0 Å². The SMILES string of the molecule is O=C1C=CN=C(C(=O)Cl)C1. The van der Waals surface area contributed by atoms with Gasteiger partial charge in [-0.2, -0.15) is 0 Å². The Morgan fingerprint density at radius 2 is 2.40 bits per heavy atom. The molecular weight excluding hydrogens is 154 g/mol. The van der Waals surface area contributed by atoms with Crippen molar-refractivity contribution < 1.29 is 9.59 Å². The summed E-state index contributed by atoms with van der Waals surface area (Å²) in [6, 6.07) is 0. The Hall–Kier alpha value is -0.960. The largest absolute Gasteiger partial charge is 0.294 e. The maximum atomic E-state index is 10.6. The molecule has 0 fully saturated rings. The van der Waals surface area contributed by atoms with Crippen molar-refractivity contribution in [1.82, 2.24) is 0 Å². The first kappa shape index (κ1) is 7.15. The summed E-state index contributed by atoms with van der Waals surface area (Å²) in [5.74, 6) is -0.140. The molecule has 52 valence electrons. The Labute approximate surface area is 62.4 Å². The van der Waals surface area contributed by atoms with Crippen LogP contribution in [0.25, 0.3) is 0 Å². The molecule has 0 aromatic heterocycles. The quantitative estimate of drug-likeness (QED) is 0.526. The number of carbonyl (C=O) groups excluding carboxylic acids is 2. The number of rotatable bonds is 1. The van der Waals surface area contributed by atoms with E-state index in [4.69, 9.17) is 11.6 Å². The van der Waals surface area contributed by atoms with Crippen LogP contribution in [0.1, 0.15) is 6.42 Å². The molecule has 1 rings (SSSR count). The van der Waals surface area contributed by atoms with E-state index in [-0.39, 0.29) is 17.9 Å². The van der Waals surface area contributed by atoms with Gasteiger partial charge in [0.25, 0.3) is 5.24 Å². The van der Waals surface area contributed by atoms with Crippen LogP contribution >= 0.6 is 11.6 Å². The molecule has 10 heavy (non-hydrogen) atoms. The van der Waals surface area contributed by atoms with Crippen molar-refractivity contribution in [3.63, 3.8) is 0 Å². The van der Waals surface area contributed by atoms with Crippen LogP contribution in [0.3, 0.4) is 0 Å². The fraction of sp³-hybridized carbons (Fsp3) is 0.167. The van der Waals surface area contributed by atoms with Crippen LogP contribution in [0.4, 0.5) is 0 Å². The van der Waals surface area contributed by atoms with Crippen molar-refractivity contribution in [3.05, 3.63) is 12.3 Å². The minimum absolute atomic E-state index is 0.0266. The van der Waals surface area contributed by atoms with Crippen LogP contribution in [0.2, 0.25) is 0 Å². The highest BCUT2D eigenvalue weighted by molar-refractivity contribution is 6.82. The molecule has 0 saturated heterocycles. The summed E-state index contributed by atoms with van der Waals surface area (Å²) in [6.45, 7) is 0. The monoisotopic (exact) mass is 157 g/mol. The lowest BCUT2D eigenvalue weighted by Crippen LogP contribution is -2.14. The van der Waals surface area contributed by atoms with Gasteiger partial charge in [0.05, 0.1) is 6.42 Å². The van der Waals surface area contributed by atoms with Gasteiger partial charge in [-0.05, 0) is 17.7 Å². The summed E-state index contributed by atoms with van der Waals surface area (Å²) in [7, 11) is 0. The molecule has 0 aromatic rings. The average Bonchev–Trinajstić information content (AvgIpc) is 1.88. The first-order valence-corrected chi connectivity index (χ1v) is 3.04. The van der Waals surface area contributed by atoms with E-state index in [0.717, 1.165) is 0 Å². The van der Waals surface area contributed by atoms with Crippen LogP contribution in [-0.2, 0) is 9.59 Å².